The molecule has 0 amide bonds. The van der Waals surface area contributed by atoms with Crippen LogP contribution in [0.1, 0.15) is 110 Å². The molecule has 3 heterocycles. The third-order valence-corrected chi connectivity index (χ3v) is 14.7. The number of ketones is 1. The predicted molar refractivity (Wildman–Crippen MR) is 234 cm³/mol. The van der Waals surface area contributed by atoms with Gasteiger partial charge in [-0.3, -0.25) is 9.78 Å². The monoisotopic (exact) mass is 950 g/mol. The first-order valence-corrected chi connectivity index (χ1v) is 21.0. The van der Waals surface area contributed by atoms with Gasteiger partial charge in [-0.05, 0) is 74.1 Å². The molecule has 0 aliphatic carbocycles. The number of carbonyl (C=O) groups is 1. The van der Waals surface area contributed by atoms with Crippen LogP contribution in [0.3, 0.4) is 0 Å². The van der Waals surface area contributed by atoms with E-state index in [9.17, 15) is 9.90 Å². The molecule has 1 radical (unpaired) electrons. The van der Waals surface area contributed by atoms with Crippen molar-refractivity contribution in [3.63, 3.8) is 0 Å². The van der Waals surface area contributed by atoms with Gasteiger partial charge in [-0.15, -0.1) is 51.8 Å². The molecule has 3 aromatic carbocycles. The topological polar surface area (TPSA) is 63.1 Å². The van der Waals surface area contributed by atoms with E-state index in [0.717, 1.165) is 52.5 Å². The van der Waals surface area contributed by atoms with Gasteiger partial charge in [-0.2, -0.15) is 0 Å². The van der Waals surface area contributed by atoms with Crippen LogP contribution in [0, 0.1) is 37.7 Å². The molecular weight excluding hydrogens is 893 g/mol. The van der Waals surface area contributed by atoms with Crippen LogP contribution in [-0.2, 0) is 30.3 Å². The van der Waals surface area contributed by atoms with Gasteiger partial charge in [-0.25, -0.2) is 4.98 Å². The first kappa shape index (κ1) is 44.2. The summed E-state index contributed by atoms with van der Waals surface area (Å²) in [6.07, 6.45) is 6.47. The van der Waals surface area contributed by atoms with Crippen LogP contribution in [0.25, 0.3) is 52.4 Å². The zero-order valence-electron chi connectivity index (χ0n) is 34.7. The fourth-order valence-electron chi connectivity index (χ4n) is 6.77. The molecular formula is C48H57IrN2O2S2-. The van der Waals surface area contributed by atoms with Gasteiger partial charge < -0.3 is 5.11 Å². The van der Waals surface area contributed by atoms with Crippen LogP contribution in [0.15, 0.2) is 78.8 Å². The molecule has 0 saturated heterocycles. The van der Waals surface area contributed by atoms with Crippen LogP contribution in [0.4, 0.5) is 0 Å². The minimum absolute atomic E-state index is 0. The van der Waals surface area contributed by atoms with Gasteiger partial charge in [0.05, 0.1) is 5.52 Å². The van der Waals surface area contributed by atoms with Gasteiger partial charge in [0, 0.05) is 62.0 Å². The van der Waals surface area contributed by atoms with E-state index >= 15 is 0 Å². The van der Waals surface area contributed by atoms with Crippen LogP contribution in [0.5, 0.6) is 0 Å². The predicted octanol–water partition coefficient (Wildman–Crippen LogP) is 14.6. The van der Waals surface area contributed by atoms with Crippen molar-refractivity contribution < 1.29 is 30.0 Å². The number of carbonyl (C=O) groups excluding carboxylic acids is 1. The SMILES string of the molecule is CCC(C)(CC)C(=O)/C=C(\O)C(C)(CC)CC.Cc1c(-c2ccccc2)sc(-c2sc3c(-c4[c-]c5ccccc5c(C(C)(C)C)c4)ncnc3c2C)c1C.[Ir]. The molecule has 293 valence electrons. The first-order chi connectivity index (χ1) is 25.5. The number of nitrogens with zero attached hydrogens (tertiary/aromatic N) is 2. The Kier molecular flexibility index (Phi) is 14.3. The first-order valence-electron chi connectivity index (χ1n) is 19.3. The minimum Gasteiger partial charge on any atom is -0.512 e. The van der Waals surface area contributed by atoms with Crippen molar-refractivity contribution in [1.82, 2.24) is 9.97 Å². The number of benzene rings is 3. The van der Waals surface area contributed by atoms with E-state index in [1.54, 1.807) is 6.33 Å². The molecule has 0 aliphatic rings. The summed E-state index contributed by atoms with van der Waals surface area (Å²) in [6, 6.07) is 25.2. The van der Waals surface area contributed by atoms with Crippen LogP contribution in [0.2, 0.25) is 0 Å². The third-order valence-electron chi connectivity index (χ3n) is 11.8. The average molecular weight is 950 g/mol. The molecule has 7 heteroatoms. The fraction of sp³-hybridized carbons (Fsp3) is 0.396. The van der Waals surface area contributed by atoms with Crippen molar-refractivity contribution in [2.24, 2.45) is 10.8 Å². The molecule has 55 heavy (non-hydrogen) atoms. The smallest absolute Gasteiger partial charge is 0.164 e. The summed E-state index contributed by atoms with van der Waals surface area (Å²) < 4.78 is 1.13. The van der Waals surface area contributed by atoms with E-state index in [-0.39, 0.29) is 47.9 Å². The summed E-state index contributed by atoms with van der Waals surface area (Å²) in [5.41, 5.74) is 8.96. The van der Waals surface area contributed by atoms with Gasteiger partial charge in [0.15, 0.2) is 5.78 Å². The summed E-state index contributed by atoms with van der Waals surface area (Å²) >= 11 is 3.70. The minimum atomic E-state index is -0.337. The van der Waals surface area contributed by atoms with Crippen molar-refractivity contribution in [3.8, 4) is 31.5 Å². The van der Waals surface area contributed by atoms with Crippen molar-refractivity contribution in [2.45, 2.75) is 114 Å². The Balaban J connectivity index is 0.000000320. The van der Waals surface area contributed by atoms with Gasteiger partial charge in [0.25, 0.3) is 0 Å². The van der Waals surface area contributed by atoms with E-state index in [1.165, 1.54) is 53.9 Å². The van der Waals surface area contributed by atoms with Crippen LogP contribution < -0.4 is 0 Å². The van der Waals surface area contributed by atoms with Crippen molar-refractivity contribution in [1.29, 1.82) is 0 Å². The number of hydrogen-bond donors (Lipinski definition) is 1. The van der Waals surface area contributed by atoms with Crippen LogP contribution >= 0.6 is 22.7 Å². The van der Waals surface area contributed by atoms with Crippen LogP contribution in [-0.4, -0.2) is 20.9 Å². The Morgan fingerprint density at radius 2 is 1.31 bits per heavy atom. The van der Waals surface area contributed by atoms with Crippen molar-refractivity contribution >= 4 is 49.4 Å². The van der Waals surface area contributed by atoms with E-state index in [4.69, 9.17) is 9.97 Å². The van der Waals surface area contributed by atoms with E-state index in [2.05, 4.69) is 108 Å². The Bertz CT molecular complexity index is 2300. The Morgan fingerprint density at radius 1 is 0.745 bits per heavy atom. The molecule has 3 aromatic heterocycles. The van der Waals surface area contributed by atoms with Crippen molar-refractivity contribution in [3.05, 3.63) is 107 Å². The molecule has 4 nitrogen and oxygen atoms in total. The quantitative estimate of drug-likeness (QED) is 0.0844. The summed E-state index contributed by atoms with van der Waals surface area (Å²) in [5, 5.41) is 12.5. The third kappa shape index (κ3) is 8.91. The molecule has 0 fully saturated rings. The number of fused-ring (bicyclic) bond motifs is 2. The Hall–Kier alpha value is -3.48. The summed E-state index contributed by atoms with van der Waals surface area (Å²) in [7, 11) is 0. The molecule has 0 unspecified atom stereocenters. The maximum absolute atomic E-state index is 12.2. The molecule has 0 aliphatic heterocycles. The molecule has 6 aromatic rings. The number of aliphatic hydroxyl groups excluding tert-OH is 1. The number of aryl methyl sites for hydroxylation is 1. The maximum atomic E-state index is 12.2. The summed E-state index contributed by atoms with van der Waals surface area (Å²) in [5.74, 6) is 0.286. The molecule has 0 spiro atoms. The summed E-state index contributed by atoms with van der Waals surface area (Å²) in [4.78, 5) is 25.7. The van der Waals surface area contributed by atoms with Gasteiger partial charge in [0.1, 0.15) is 12.1 Å². The Labute approximate surface area is 350 Å². The molecule has 1 N–H and O–H groups in total. The molecule has 0 bridgehead atoms. The van der Waals surface area contributed by atoms with Gasteiger partial charge in [0.2, 0.25) is 0 Å². The number of aliphatic hydroxyl groups is 1. The zero-order valence-corrected chi connectivity index (χ0v) is 38.7. The number of thiophene rings is 2. The number of aromatic nitrogens is 2. The standard InChI is InChI=1S/C33H29N2S2.C15H28O2.Ir/c1-19-20(2)30(36-29(19)22-12-8-7-9-13-22)31-21(3)27-32(37-31)28(35-18-34-27)24-16-23-14-10-11-15-25(23)26(17-24)33(4,5)6;1-7-14(5,8-2)12(16)11-13(17)15(6,9-3)10-4;/h7-15,17-18H,1-6H3;11,16H,7-10H2,1-6H3;/q-1;;/b;12-11-;. The molecule has 0 saturated carbocycles. The second-order valence-electron chi connectivity index (χ2n) is 16.2. The maximum Gasteiger partial charge on any atom is 0.164 e. The molecule has 0 atom stereocenters. The van der Waals surface area contributed by atoms with Gasteiger partial charge >= 0.3 is 0 Å². The number of rotatable bonds is 10. The number of hydrogen-bond acceptors (Lipinski definition) is 6. The number of allylic oxidation sites excluding steroid dienone is 2. The van der Waals surface area contributed by atoms with E-state index in [0.29, 0.717) is 0 Å². The largest absolute Gasteiger partial charge is 0.512 e. The summed E-state index contributed by atoms with van der Waals surface area (Å²) in [6.45, 7) is 25.6. The second-order valence-corrected chi connectivity index (χ2v) is 18.2. The fourth-order valence-corrected chi connectivity index (χ4v) is 9.60. The second kappa shape index (κ2) is 17.8. The van der Waals surface area contributed by atoms with E-state index in [1.807, 2.05) is 64.2 Å². The normalized spacial score (nSPS) is 12.4. The average Bonchev–Trinajstić information content (AvgIpc) is 3.67. The van der Waals surface area contributed by atoms with Gasteiger partial charge in [-0.1, -0.05) is 122 Å². The molecule has 6 rings (SSSR count). The van der Waals surface area contributed by atoms with Crippen molar-refractivity contribution in [2.75, 3.05) is 0 Å². The zero-order chi connectivity index (χ0) is 39.6. The van der Waals surface area contributed by atoms with E-state index < -0.39 is 0 Å². The Morgan fingerprint density at radius 3 is 1.91 bits per heavy atom.